The van der Waals surface area contributed by atoms with Crippen molar-refractivity contribution in [2.45, 2.75) is 243 Å². The predicted octanol–water partition coefficient (Wildman–Crippen LogP) is 9.03. The molecule has 31 heteroatoms. The average molecular weight is 1800 g/mol. The monoisotopic (exact) mass is 1800 g/mol. The minimum Gasteiger partial charge on any atom is -0.480 e. The molecule has 0 aromatic heterocycles. The molecule has 0 spiro atoms. The van der Waals surface area contributed by atoms with Gasteiger partial charge in [0.25, 0.3) is 0 Å². The van der Waals surface area contributed by atoms with E-state index in [0.717, 1.165) is 38.9 Å². The maximum Gasteiger partial charge on any atom is 0.407 e. The molecule has 6 aromatic rings. The number of aliphatic carboxylic acids is 1. The summed E-state index contributed by atoms with van der Waals surface area (Å²) in [5, 5.41) is 37.2. The number of carbonyl (C=O) groups is 13. The van der Waals surface area contributed by atoms with Crippen LogP contribution in [0.4, 0.5) is 4.79 Å². The molecule has 0 bridgehead atoms. The molecule has 29 nitrogen and oxygen atoms in total. The standard InChI is InChI=1S/C97H128N12O17S2/c1-15-58(4)79(104-78(110)53-98-84(112)75(103-94(123)124-54-71-69-46-32-30-44-67(69)68-45-31-33-47-70(68)71)57-128-97(64-38-24-19-25-39-64,65-40-26-20-27-41-65)66-42-28-21-29-43-66)88(116)100-72(52-63-36-22-18-23-37-63)85(113)107-82(62(8)126-96(12,13)14)90(118)99-61(7)83(111)101-73(55-125-95(9,10)11)86(114)106-81(60(6)17-3)92(120)109-51-35-49-77(109)91(119)108-50-34-48-76(108)87(115)105-80(59(5)16-2)89(117)102-74(56-127)93(121)122/h18-33,36-47,58-62,71-77,79-82,127H,15-17,34-35,48-57H2,1-14H3,(H,98,112)(H,99,118)(H,100,116)(H,101,111)(H,102,117)(H,103,123)(H,104,110)(H,105,115)(H,106,114)(H,107,113)(H,121,122)/t58-,59-,60-,61-,62+,72-,73-,74-,75-,76-,77-,79-,80-,81-,82-/m0/s1. The van der Waals surface area contributed by atoms with E-state index in [0.29, 0.717) is 37.7 Å². The van der Waals surface area contributed by atoms with Crippen LogP contribution in [0.5, 0.6) is 0 Å². The van der Waals surface area contributed by atoms with Gasteiger partial charge in [0.2, 0.25) is 65.0 Å². The maximum absolute atomic E-state index is 15.2. The third-order valence-electron chi connectivity index (χ3n) is 23.8. The van der Waals surface area contributed by atoms with E-state index >= 15 is 19.2 Å². The van der Waals surface area contributed by atoms with Crippen LogP contribution >= 0.6 is 24.4 Å². The van der Waals surface area contributed by atoms with Crippen LogP contribution < -0.4 is 53.2 Å². The van der Waals surface area contributed by atoms with Crippen LogP contribution in [0.3, 0.4) is 0 Å². The van der Waals surface area contributed by atoms with Crippen LogP contribution in [-0.2, 0) is 82.9 Å². The normalized spacial score (nSPS) is 17.5. The molecule has 2 aliphatic heterocycles. The molecule has 2 heterocycles. The van der Waals surface area contributed by atoms with Gasteiger partial charge < -0.3 is 82.3 Å². The van der Waals surface area contributed by atoms with Crippen molar-refractivity contribution in [2.24, 2.45) is 17.8 Å². The Labute approximate surface area is 760 Å². The van der Waals surface area contributed by atoms with E-state index < -0.39 is 196 Å². The fourth-order valence-electron chi connectivity index (χ4n) is 16.2. The summed E-state index contributed by atoms with van der Waals surface area (Å²) in [6.07, 6.45) is 0.369. The second kappa shape index (κ2) is 46.7. The number of thiol groups is 1. The highest BCUT2D eigenvalue weighted by molar-refractivity contribution is 8.00. The summed E-state index contributed by atoms with van der Waals surface area (Å²) in [4.78, 5) is 191. The van der Waals surface area contributed by atoms with Crippen LogP contribution in [0.25, 0.3) is 11.1 Å². The Hall–Kier alpha value is -11.1. The van der Waals surface area contributed by atoms with Gasteiger partial charge in [-0.05, 0) is 143 Å². The molecule has 3 aliphatic rings. The molecule has 690 valence electrons. The van der Waals surface area contributed by atoms with Gasteiger partial charge in [-0.2, -0.15) is 12.6 Å². The first kappa shape index (κ1) is 101. The van der Waals surface area contributed by atoms with Crippen LogP contribution in [0.2, 0.25) is 0 Å². The Morgan fingerprint density at radius 2 is 0.938 bits per heavy atom. The molecule has 0 unspecified atom stereocenters. The smallest absolute Gasteiger partial charge is 0.407 e. The number of hydrogen-bond donors (Lipinski definition) is 12. The van der Waals surface area contributed by atoms with E-state index in [1.807, 2.05) is 160 Å². The molecule has 2 saturated heterocycles. The zero-order valence-corrected chi connectivity index (χ0v) is 77.5. The number of fused-ring (bicyclic) bond motifs is 3. The topological polar surface area (TPSA) is 397 Å². The number of carboxylic acid groups (broad SMARTS) is 1. The van der Waals surface area contributed by atoms with E-state index in [2.05, 4.69) is 65.8 Å². The molecule has 2 fully saturated rings. The highest BCUT2D eigenvalue weighted by atomic mass is 32.2. The van der Waals surface area contributed by atoms with Gasteiger partial charge in [0.05, 0.1) is 35.2 Å². The molecular weight excluding hydrogens is 1670 g/mol. The van der Waals surface area contributed by atoms with E-state index in [1.165, 1.54) is 28.5 Å². The maximum atomic E-state index is 15.2. The lowest BCUT2D eigenvalue weighted by molar-refractivity contribution is -0.149. The van der Waals surface area contributed by atoms with Crippen LogP contribution in [0.15, 0.2) is 170 Å². The highest BCUT2D eigenvalue weighted by Gasteiger charge is 2.47. The van der Waals surface area contributed by atoms with Gasteiger partial charge in [-0.3, -0.25) is 52.7 Å². The SMILES string of the molecule is CC[C@H](C)[C@H](NC(=O)CNC(=O)[C@H](CSC(c1ccccc1)(c1ccccc1)c1ccccc1)NC(=O)OCC1c2ccccc2-c2ccccc21)C(=O)N[C@@H](Cc1ccccc1)C(=O)N[C@H](C(=O)N[C@@H](C)C(=O)N[C@@H](COC(C)(C)C)C(=O)N[C@H](C(=O)N1CCC[C@H]1C(=O)N1CCC[C@H]1C(=O)N[C@H](C(=O)N[C@@H](CS)C(=O)O)[C@@H](C)CC)[C@@H](C)CC)[C@@H](C)OC(C)(C)C. The highest BCUT2D eigenvalue weighted by Crippen LogP contribution is 2.49. The molecule has 6 aromatic carbocycles. The Balaban J connectivity index is 0.894. The largest absolute Gasteiger partial charge is 0.480 e. The number of benzene rings is 6. The van der Waals surface area contributed by atoms with Crippen molar-refractivity contribution < 1.29 is 81.6 Å². The first-order chi connectivity index (χ1) is 60.9. The van der Waals surface area contributed by atoms with Crippen molar-refractivity contribution >= 4 is 101 Å². The molecule has 1 aliphatic carbocycles. The number of carboxylic acids is 1. The zero-order chi connectivity index (χ0) is 93.3. The minimum absolute atomic E-state index is 0.0487. The van der Waals surface area contributed by atoms with E-state index in [4.69, 9.17) is 14.2 Å². The van der Waals surface area contributed by atoms with Gasteiger partial charge >= 0.3 is 12.1 Å². The summed E-state index contributed by atoms with van der Waals surface area (Å²) >= 11 is 5.47. The van der Waals surface area contributed by atoms with E-state index in [-0.39, 0.29) is 56.4 Å². The summed E-state index contributed by atoms with van der Waals surface area (Å²) in [6, 6.07) is 39.6. The van der Waals surface area contributed by atoms with Crippen molar-refractivity contribution in [3.63, 3.8) is 0 Å². The molecule has 9 rings (SSSR count). The number of nitrogens with zero attached hydrogens (tertiary/aromatic N) is 2. The summed E-state index contributed by atoms with van der Waals surface area (Å²) in [5.74, 6) is -11.6. The van der Waals surface area contributed by atoms with E-state index in [9.17, 15) is 48.3 Å². The lowest BCUT2D eigenvalue weighted by Crippen LogP contribution is -2.63. The zero-order valence-electron chi connectivity index (χ0n) is 75.7. The summed E-state index contributed by atoms with van der Waals surface area (Å²) in [7, 11) is 0. The molecule has 0 saturated carbocycles. The lowest BCUT2D eigenvalue weighted by atomic mass is 9.84. The number of thioether (sulfide) groups is 1. The first-order valence-corrected chi connectivity index (χ1v) is 46.0. The Morgan fingerprint density at radius 3 is 1.45 bits per heavy atom. The van der Waals surface area contributed by atoms with Crippen molar-refractivity contribution in [2.75, 3.05) is 44.4 Å². The predicted molar refractivity (Wildman–Crippen MR) is 493 cm³/mol. The fraction of sp³-hybridized carbons (Fsp3) is 0.495. The quantitative estimate of drug-likeness (QED) is 0.0125. The fourth-order valence-corrected chi connectivity index (χ4v) is 18.0. The molecule has 128 heavy (non-hydrogen) atoms. The van der Waals surface area contributed by atoms with Crippen molar-refractivity contribution in [1.82, 2.24) is 63.0 Å². The molecule has 11 N–H and O–H groups in total. The summed E-state index contributed by atoms with van der Waals surface area (Å²) in [5.41, 5.74) is 5.52. The molecule has 15 atom stereocenters. The third-order valence-corrected chi connectivity index (χ3v) is 25.8. The minimum atomic E-state index is -1.58. The second-order valence-electron chi connectivity index (χ2n) is 35.4. The van der Waals surface area contributed by atoms with Crippen molar-refractivity contribution in [3.8, 4) is 11.1 Å². The number of nitrogens with one attached hydrogen (secondary N) is 10. The third kappa shape index (κ3) is 26.8. The number of carbonyl (C=O) groups excluding carboxylic acids is 12. The van der Waals surface area contributed by atoms with Gasteiger partial charge in [-0.15, -0.1) is 11.8 Å². The average Bonchev–Trinajstić information content (AvgIpc) is 1.09. The van der Waals surface area contributed by atoms with Crippen LogP contribution in [0, 0.1) is 17.8 Å². The molecule has 12 amide bonds. The molecular formula is C97H128N12O17S2. The molecule has 0 radical (unpaired) electrons. The Morgan fingerprint density at radius 1 is 0.477 bits per heavy atom. The number of alkyl carbamates (subject to hydrolysis) is 1. The number of amides is 12. The first-order valence-electron chi connectivity index (χ1n) is 44.3. The van der Waals surface area contributed by atoms with Gasteiger partial charge in [0.1, 0.15) is 73.1 Å². The number of ether oxygens (including phenoxy) is 3. The Bertz CT molecular complexity index is 4670. The lowest BCUT2D eigenvalue weighted by Gasteiger charge is -2.36. The van der Waals surface area contributed by atoms with Crippen molar-refractivity contribution in [3.05, 3.63) is 203 Å². The van der Waals surface area contributed by atoms with E-state index in [1.54, 1.807) is 99.6 Å². The van der Waals surface area contributed by atoms with Gasteiger partial charge in [0, 0.05) is 36.9 Å². The Kier molecular flexibility index (Phi) is 36.7. The van der Waals surface area contributed by atoms with Crippen molar-refractivity contribution in [1.29, 1.82) is 0 Å². The summed E-state index contributed by atoms with van der Waals surface area (Å²) < 4.78 is 17.5. The number of likely N-dealkylation sites (tertiary alicyclic amines) is 2. The number of hydrogen-bond acceptors (Lipinski definition) is 18. The van der Waals surface area contributed by atoms with Crippen LogP contribution in [0.1, 0.15) is 181 Å². The van der Waals surface area contributed by atoms with Crippen LogP contribution in [-0.4, -0.2) is 220 Å². The van der Waals surface area contributed by atoms with Gasteiger partial charge in [-0.25, -0.2) is 9.59 Å². The summed E-state index contributed by atoms with van der Waals surface area (Å²) in [6.45, 7) is 23.2. The number of rotatable bonds is 43. The van der Waals surface area contributed by atoms with Gasteiger partial charge in [-0.1, -0.05) is 231 Å². The second-order valence-corrected chi connectivity index (χ2v) is 37.0. The van der Waals surface area contributed by atoms with Gasteiger partial charge in [0.15, 0.2) is 0 Å².